The molecule has 0 radical (unpaired) electrons. The smallest absolute Gasteiger partial charge is 0.351 e. The molecule has 5 nitrogen and oxygen atoms in total. The number of hydrogen-bond acceptors (Lipinski definition) is 4. The number of nitrogens with zero attached hydrogens (tertiary/aromatic N) is 1. The van der Waals surface area contributed by atoms with E-state index < -0.39 is 6.09 Å². The average molecular weight is 201 g/mol. The molecule has 2 saturated heterocycles. The van der Waals surface area contributed by atoms with Gasteiger partial charge in [0.15, 0.2) is 0 Å². The molecule has 82 valence electrons. The minimum Gasteiger partial charge on any atom is -0.351 e. The van der Waals surface area contributed by atoms with Crippen molar-refractivity contribution in [3.8, 4) is 0 Å². The molecule has 2 rings (SSSR count). The first kappa shape index (κ1) is 11.3. The largest absolute Gasteiger partial charge is 0.423 e. The molecule has 0 unspecified atom stereocenters. The molecule has 2 aliphatic heterocycles. The van der Waals surface area contributed by atoms with E-state index >= 15 is 0 Å². The number of hydrogen-bond donors (Lipinski definition) is 2. The maximum atomic E-state index is 10.1. The quantitative estimate of drug-likeness (QED) is 0.647. The molecule has 3 N–H and O–H groups in total. The predicted molar refractivity (Wildman–Crippen MR) is 53.6 cm³/mol. The molecule has 2 heterocycles. The van der Waals surface area contributed by atoms with Gasteiger partial charge in [-0.15, -0.1) is 5.06 Å². The van der Waals surface area contributed by atoms with Gasteiger partial charge in [-0.05, 0) is 38.8 Å². The van der Waals surface area contributed by atoms with Gasteiger partial charge in [0, 0.05) is 13.1 Å². The van der Waals surface area contributed by atoms with Crippen LogP contribution < -0.4 is 11.1 Å². The van der Waals surface area contributed by atoms with Gasteiger partial charge in [-0.25, -0.2) is 4.79 Å². The molecule has 0 aliphatic carbocycles. The van der Waals surface area contributed by atoms with E-state index in [9.17, 15) is 4.79 Å². The summed E-state index contributed by atoms with van der Waals surface area (Å²) >= 11 is 0. The lowest BCUT2D eigenvalue weighted by molar-refractivity contribution is -0.0762. The summed E-state index contributed by atoms with van der Waals surface area (Å²) in [7, 11) is 0. The van der Waals surface area contributed by atoms with Crippen molar-refractivity contribution in [3.05, 3.63) is 0 Å². The predicted octanol–water partition coefficient (Wildman–Crippen LogP) is 0.462. The lowest BCUT2D eigenvalue weighted by atomic mass is 10.4. The molecule has 1 amide bonds. The van der Waals surface area contributed by atoms with E-state index in [2.05, 4.69) is 10.2 Å². The Kier molecular flexibility index (Phi) is 5.32. The van der Waals surface area contributed by atoms with E-state index in [0.29, 0.717) is 0 Å². The Bertz CT molecular complexity index is 158. The number of nitrogens with two attached hydrogens (primary N) is 1. The highest BCUT2D eigenvalue weighted by atomic mass is 16.7. The first-order valence-corrected chi connectivity index (χ1v) is 5.22. The minimum absolute atomic E-state index is 0.711. The summed E-state index contributed by atoms with van der Waals surface area (Å²) in [6.45, 7) is 4.14. The molecule has 0 spiro atoms. The lowest BCUT2D eigenvalue weighted by Crippen LogP contribution is -2.27. The van der Waals surface area contributed by atoms with E-state index in [0.717, 1.165) is 25.9 Å². The van der Waals surface area contributed by atoms with Crippen molar-refractivity contribution in [2.24, 2.45) is 5.73 Å². The fourth-order valence-electron chi connectivity index (χ4n) is 1.53. The Morgan fingerprint density at radius 3 is 2.07 bits per heavy atom. The SMILES string of the molecule is C1CCNC1.NC(=O)ON1CCCC1. The second-order valence-corrected chi connectivity index (χ2v) is 3.50. The van der Waals surface area contributed by atoms with Gasteiger partial charge < -0.3 is 15.9 Å². The van der Waals surface area contributed by atoms with Crippen LogP contribution in [0.3, 0.4) is 0 Å². The summed E-state index contributed by atoms with van der Waals surface area (Å²) in [4.78, 5) is 14.7. The van der Waals surface area contributed by atoms with Gasteiger partial charge >= 0.3 is 6.09 Å². The summed E-state index contributed by atoms with van der Waals surface area (Å²) in [6.07, 6.45) is 4.25. The third-order valence-electron chi connectivity index (χ3n) is 2.24. The van der Waals surface area contributed by atoms with Gasteiger partial charge in [0.25, 0.3) is 0 Å². The van der Waals surface area contributed by atoms with Crippen LogP contribution in [0.5, 0.6) is 0 Å². The highest BCUT2D eigenvalue weighted by molar-refractivity contribution is 5.64. The first-order chi connectivity index (χ1) is 6.79. The summed E-state index contributed by atoms with van der Waals surface area (Å²) in [5, 5.41) is 4.81. The minimum atomic E-state index is -0.711. The number of carbonyl (C=O) groups excluding carboxylic acids is 1. The third kappa shape index (κ3) is 5.04. The van der Waals surface area contributed by atoms with Crippen LogP contribution in [0, 0.1) is 0 Å². The fourth-order valence-corrected chi connectivity index (χ4v) is 1.53. The van der Waals surface area contributed by atoms with Gasteiger partial charge in [0.2, 0.25) is 0 Å². The normalized spacial score (nSPS) is 21.4. The molecule has 0 aromatic heterocycles. The number of primary amides is 1. The van der Waals surface area contributed by atoms with Gasteiger partial charge in [-0.1, -0.05) is 0 Å². The summed E-state index contributed by atoms with van der Waals surface area (Å²) in [6, 6.07) is 0. The van der Waals surface area contributed by atoms with E-state index in [1.54, 1.807) is 5.06 Å². The van der Waals surface area contributed by atoms with Crippen molar-refractivity contribution in [1.29, 1.82) is 0 Å². The van der Waals surface area contributed by atoms with Crippen LogP contribution >= 0.6 is 0 Å². The zero-order chi connectivity index (χ0) is 10.2. The van der Waals surface area contributed by atoms with Crippen molar-refractivity contribution >= 4 is 6.09 Å². The van der Waals surface area contributed by atoms with Crippen molar-refractivity contribution in [1.82, 2.24) is 10.4 Å². The Hall–Kier alpha value is -0.810. The molecule has 0 bridgehead atoms. The van der Waals surface area contributed by atoms with Crippen LogP contribution in [0.4, 0.5) is 4.79 Å². The summed E-state index contributed by atoms with van der Waals surface area (Å²) < 4.78 is 0. The molecule has 0 saturated carbocycles. The number of amides is 1. The first-order valence-electron chi connectivity index (χ1n) is 5.22. The fraction of sp³-hybridized carbons (Fsp3) is 0.889. The monoisotopic (exact) mass is 201 g/mol. The van der Waals surface area contributed by atoms with E-state index in [-0.39, 0.29) is 0 Å². The third-order valence-corrected chi connectivity index (χ3v) is 2.24. The Labute approximate surface area is 84.5 Å². The van der Waals surface area contributed by atoms with Crippen molar-refractivity contribution in [2.45, 2.75) is 25.7 Å². The molecular formula is C9H19N3O2. The summed E-state index contributed by atoms with van der Waals surface area (Å²) in [5.41, 5.74) is 4.77. The molecule has 2 aliphatic rings. The highest BCUT2D eigenvalue weighted by Gasteiger charge is 2.13. The number of rotatable bonds is 1. The van der Waals surface area contributed by atoms with Crippen LogP contribution in [0.2, 0.25) is 0 Å². The maximum Gasteiger partial charge on any atom is 0.423 e. The molecule has 0 atom stereocenters. The zero-order valence-corrected chi connectivity index (χ0v) is 8.50. The Morgan fingerprint density at radius 2 is 1.71 bits per heavy atom. The Morgan fingerprint density at radius 1 is 1.14 bits per heavy atom. The van der Waals surface area contributed by atoms with Crippen molar-refractivity contribution in [3.63, 3.8) is 0 Å². The second kappa shape index (κ2) is 6.62. The number of carbonyl (C=O) groups is 1. The summed E-state index contributed by atoms with van der Waals surface area (Å²) in [5.74, 6) is 0. The molecule has 0 aromatic carbocycles. The highest BCUT2D eigenvalue weighted by Crippen LogP contribution is 2.06. The van der Waals surface area contributed by atoms with Crippen LogP contribution in [0.25, 0.3) is 0 Å². The maximum absolute atomic E-state index is 10.1. The van der Waals surface area contributed by atoms with Crippen LogP contribution in [-0.4, -0.2) is 37.3 Å². The van der Waals surface area contributed by atoms with E-state index in [1.165, 1.54) is 25.9 Å². The van der Waals surface area contributed by atoms with Gasteiger partial charge in [-0.2, -0.15) is 0 Å². The van der Waals surface area contributed by atoms with Crippen LogP contribution in [-0.2, 0) is 4.84 Å². The van der Waals surface area contributed by atoms with Crippen LogP contribution in [0.15, 0.2) is 0 Å². The number of nitrogens with one attached hydrogen (secondary N) is 1. The van der Waals surface area contributed by atoms with Gasteiger partial charge in [0.05, 0.1) is 0 Å². The van der Waals surface area contributed by atoms with E-state index in [4.69, 9.17) is 5.73 Å². The van der Waals surface area contributed by atoms with E-state index in [1.807, 2.05) is 0 Å². The molecule has 2 fully saturated rings. The van der Waals surface area contributed by atoms with Gasteiger partial charge in [-0.3, -0.25) is 0 Å². The number of hydroxylamine groups is 2. The lowest BCUT2D eigenvalue weighted by Gasteiger charge is -2.10. The average Bonchev–Trinajstić information content (AvgIpc) is 2.75. The topological polar surface area (TPSA) is 67.6 Å². The van der Waals surface area contributed by atoms with Crippen molar-refractivity contribution in [2.75, 3.05) is 26.2 Å². The molecule has 5 heteroatoms. The van der Waals surface area contributed by atoms with Crippen LogP contribution in [0.1, 0.15) is 25.7 Å². The second-order valence-electron chi connectivity index (χ2n) is 3.50. The molecular weight excluding hydrogens is 182 g/mol. The van der Waals surface area contributed by atoms with Crippen molar-refractivity contribution < 1.29 is 9.63 Å². The Balaban J connectivity index is 0.000000165. The molecule has 0 aromatic rings. The zero-order valence-electron chi connectivity index (χ0n) is 8.50. The standard InChI is InChI=1S/C5H10N2O2.C4H9N/c6-5(8)9-7-3-1-2-4-7;1-2-4-5-3-1/h1-4H2,(H2,6,8);5H,1-4H2. The van der Waals surface area contributed by atoms with Gasteiger partial charge in [0.1, 0.15) is 0 Å². The molecule has 14 heavy (non-hydrogen) atoms.